The first-order valence-electron chi connectivity index (χ1n) is 5.68. The summed E-state index contributed by atoms with van der Waals surface area (Å²) in [5.41, 5.74) is 2.14. The lowest BCUT2D eigenvalue weighted by Crippen LogP contribution is -2.12. The van der Waals surface area contributed by atoms with Crippen molar-refractivity contribution >= 4 is 11.6 Å². The molecular weight excluding hydrogens is 230 g/mol. The van der Waals surface area contributed by atoms with Gasteiger partial charge in [0.2, 0.25) is 0 Å². The van der Waals surface area contributed by atoms with Gasteiger partial charge in [0.1, 0.15) is 5.69 Å². The molecule has 18 heavy (non-hydrogen) atoms. The molecule has 0 aliphatic heterocycles. The molecule has 0 aliphatic carbocycles. The van der Waals surface area contributed by atoms with E-state index < -0.39 is 0 Å². The van der Waals surface area contributed by atoms with E-state index in [-0.39, 0.29) is 12.5 Å². The molecule has 1 amide bonds. The lowest BCUT2D eigenvalue weighted by molar-refractivity contribution is 0.102. The lowest BCUT2D eigenvalue weighted by Gasteiger charge is -2.04. The van der Waals surface area contributed by atoms with Gasteiger partial charge in [-0.05, 0) is 24.1 Å². The molecular formula is C13H15N3O2. The quantitative estimate of drug-likeness (QED) is 0.850. The molecule has 2 rings (SSSR count). The van der Waals surface area contributed by atoms with Crippen LogP contribution in [0.4, 0.5) is 5.69 Å². The second-order valence-corrected chi connectivity index (χ2v) is 4.05. The summed E-state index contributed by atoms with van der Waals surface area (Å²) >= 11 is 0. The van der Waals surface area contributed by atoms with Crippen molar-refractivity contribution in [3.05, 3.63) is 48.0 Å². The van der Waals surface area contributed by atoms with Crippen LogP contribution in [0.2, 0.25) is 0 Å². The van der Waals surface area contributed by atoms with Crippen molar-refractivity contribution < 1.29 is 9.90 Å². The van der Waals surface area contributed by atoms with Crippen LogP contribution >= 0.6 is 0 Å². The Balaban J connectivity index is 2.03. The summed E-state index contributed by atoms with van der Waals surface area (Å²) in [4.78, 5) is 15.8. The molecule has 2 N–H and O–H groups in total. The summed E-state index contributed by atoms with van der Waals surface area (Å²) < 4.78 is 1.72. The molecule has 0 aliphatic rings. The molecule has 0 radical (unpaired) electrons. The molecule has 5 nitrogen and oxygen atoms in total. The molecule has 0 saturated heterocycles. The third-order valence-electron chi connectivity index (χ3n) is 2.55. The van der Waals surface area contributed by atoms with E-state index in [0.29, 0.717) is 17.8 Å². The zero-order chi connectivity index (χ0) is 13.0. The van der Waals surface area contributed by atoms with Crippen LogP contribution in [-0.2, 0) is 13.5 Å². The number of anilines is 1. The number of carbonyl (C=O) groups excluding carboxylic acids is 1. The minimum Gasteiger partial charge on any atom is -0.396 e. The molecule has 0 atom stereocenters. The Morgan fingerprint density at radius 1 is 1.39 bits per heavy atom. The highest BCUT2D eigenvalue weighted by Gasteiger charge is 2.08. The van der Waals surface area contributed by atoms with Crippen molar-refractivity contribution in [1.29, 1.82) is 0 Å². The molecule has 94 valence electrons. The van der Waals surface area contributed by atoms with Gasteiger partial charge in [-0.15, -0.1) is 0 Å². The van der Waals surface area contributed by atoms with Gasteiger partial charge in [0.25, 0.3) is 5.91 Å². The first-order valence-corrected chi connectivity index (χ1v) is 5.68. The van der Waals surface area contributed by atoms with Gasteiger partial charge in [-0.3, -0.25) is 4.79 Å². The van der Waals surface area contributed by atoms with Gasteiger partial charge in [-0.2, -0.15) is 0 Å². The zero-order valence-corrected chi connectivity index (χ0v) is 10.1. The third kappa shape index (κ3) is 2.95. The number of hydrogen-bond acceptors (Lipinski definition) is 3. The van der Waals surface area contributed by atoms with Crippen LogP contribution < -0.4 is 5.32 Å². The number of carbonyl (C=O) groups is 1. The monoisotopic (exact) mass is 245 g/mol. The SMILES string of the molecule is Cn1cnc(C(=O)Nc2ccc(CCO)cc2)c1. The summed E-state index contributed by atoms with van der Waals surface area (Å²) in [5.74, 6) is -0.231. The van der Waals surface area contributed by atoms with Crippen LogP contribution in [0.3, 0.4) is 0 Å². The van der Waals surface area contributed by atoms with Crippen molar-refractivity contribution in [2.75, 3.05) is 11.9 Å². The number of amides is 1. The average Bonchev–Trinajstić information content (AvgIpc) is 2.79. The minimum atomic E-state index is -0.231. The number of nitrogens with zero attached hydrogens (tertiary/aromatic N) is 2. The number of aliphatic hydroxyl groups excluding tert-OH is 1. The summed E-state index contributed by atoms with van der Waals surface area (Å²) in [6.45, 7) is 0.125. The fraction of sp³-hybridized carbons (Fsp3) is 0.231. The third-order valence-corrected chi connectivity index (χ3v) is 2.55. The molecule has 0 fully saturated rings. The number of hydrogen-bond donors (Lipinski definition) is 2. The van der Waals surface area contributed by atoms with Crippen LogP contribution in [0.1, 0.15) is 16.1 Å². The average molecular weight is 245 g/mol. The largest absolute Gasteiger partial charge is 0.396 e. The van der Waals surface area contributed by atoms with E-state index in [1.54, 1.807) is 17.1 Å². The van der Waals surface area contributed by atoms with Crippen molar-refractivity contribution in [3.8, 4) is 0 Å². The van der Waals surface area contributed by atoms with Crippen molar-refractivity contribution in [3.63, 3.8) is 0 Å². The van der Waals surface area contributed by atoms with Gasteiger partial charge >= 0.3 is 0 Å². The fourth-order valence-corrected chi connectivity index (χ4v) is 1.61. The van der Waals surface area contributed by atoms with E-state index in [9.17, 15) is 4.79 Å². The van der Waals surface area contributed by atoms with Crippen LogP contribution in [-0.4, -0.2) is 27.2 Å². The summed E-state index contributed by atoms with van der Waals surface area (Å²) in [5, 5.41) is 11.6. The molecule has 2 aromatic rings. The van der Waals surface area contributed by atoms with Gasteiger partial charge in [-0.25, -0.2) is 4.98 Å². The Labute approximate surface area is 105 Å². The molecule has 1 aromatic carbocycles. The van der Waals surface area contributed by atoms with E-state index in [1.165, 1.54) is 0 Å². The summed E-state index contributed by atoms with van der Waals surface area (Å²) in [7, 11) is 1.81. The van der Waals surface area contributed by atoms with Crippen LogP contribution in [0, 0.1) is 0 Å². The van der Waals surface area contributed by atoms with Crippen LogP contribution in [0.25, 0.3) is 0 Å². The van der Waals surface area contributed by atoms with Crippen LogP contribution in [0.15, 0.2) is 36.8 Å². The van der Waals surface area contributed by atoms with Crippen molar-refractivity contribution in [1.82, 2.24) is 9.55 Å². The minimum absolute atomic E-state index is 0.125. The zero-order valence-electron chi connectivity index (χ0n) is 10.1. The maximum absolute atomic E-state index is 11.8. The van der Waals surface area contributed by atoms with E-state index >= 15 is 0 Å². The van der Waals surface area contributed by atoms with Crippen LogP contribution in [0.5, 0.6) is 0 Å². The van der Waals surface area contributed by atoms with Gasteiger partial charge in [0, 0.05) is 25.5 Å². The molecule has 0 bridgehead atoms. The highest BCUT2D eigenvalue weighted by molar-refractivity contribution is 6.02. The first-order chi connectivity index (χ1) is 8.69. The number of nitrogens with one attached hydrogen (secondary N) is 1. The Morgan fingerprint density at radius 3 is 2.67 bits per heavy atom. The van der Waals surface area contributed by atoms with Crippen molar-refractivity contribution in [2.24, 2.45) is 7.05 Å². The molecule has 1 aromatic heterocycles. The molecule has 5 heteroatoms. The lowest BCUT2D eigenvalue weighted by atomic mass is 10.1. The smallest absolute Gasteiger partial charge is 0.275 e. The Morgan fingerprint density at radius 2 is 2.11 bits per heavy atom. The van der Waals surface area contributed by atoms with E-state index in [4.69, 9.17) is 5.11 Å². The number of imidazole rings is 1. The second kappa shape index (κ2) is 5.46. The maximum atomic E-state index is 11.8. The van der Waals surface area contributed by atoms with E-state index in [0.717, 1.165) is 5.56 Å². The number of benzene rings is 1. The number of aryl methyl sites for hydroxylation is 1. The van der Waals surface area contributed by atoms with Gasteiger partial charge < -0.3 is 15.0 Å². The molecule has 0 saturated carbocycles. The second-order valence-electron chi connectivity index (χ2n) is 4.05. The van der Waals surface area contributed by atoms with Crippen molar-refractivity contribution in [2.45, 2.75) is 6.42 Å². The maximum Gasteiger partial charge on any atom is 0.275 e. The molecule has 0 spiro atoms. The Bertz CT molecular complexity index is 531. The highest BCUT2D eigenvalue weighted by Crippen LogP contribution is 2.11. The van der Waals surface area contributed by atoms with Gasteiger partial charge in [0.15, 0.2) is 0 Å². The summed E-state index contributed by atoms with van der Waals surface area (Å²) in [6.07, 6.45) is 3.86. The Hall–Kier alpha value is -2.14. The van der Waals surface area contributed by atoms with E-state index in [2.05, 4.69) is 10.3 Å². The number of aromatic nitrogens is 2. The highest BCUT2D eigenvalue weighted by atomic mass is 16.2. The Kier molecular flexibility index (Phi) is 3.74. The predicted molar refractivity (Wildman–Crippen MR) is 68.4 cm³/mol. The summed E-state index contributed by atoms with van der Waals surface area (Å²) in [6, 6.07) is 7.38. The standard InChI is InChI=1S/C13H15N3O2/c1-16-8-12(14-9-16)13(18)15-11-4-2-10(3-5-11)6-7-17/h2-5,8-9,17H,6-7H2,1H3,(H,15,18). The fourth-order valence-electron chi connectivity index (χ4n) is 1.61. The first kappa shape index (κ1) is 12.3. The van der Waals surface area contributed by atoms with Gasteiger partial charge in [-0.1, -0.05) is 12.1 Å². The number of aliphatic hydroxyl groups is 1. The molecule has 0 unspecified atom stereocenters. The topological polar surface area (TPSA) is 67.2 Å². The molecule has 1 heterocycles. The normalized spacial score (nSPS) is 10.3. The van der Waals surface area contributed by atoms with Gasteiger partial charge in [0.05, 0.1) is 6.33 Å². The number of rotatable bonds is 4. The van der Waals surface area contributed by atoms with E-state index in [1.807, 2.05) is 31.3 Å². The predicted octanol–water partition coefficient (Wildman–Crippen LogP) is 1.21.